The van der Waals surface area contributed by atoms with Crippen LogP contribution in [0.2, 0.25) is 0 Å². The van der Waals surface area contributed by atoms with Gasteiger partial charge < -0.3 is 19.6 Å². The molecule has 36 heavy (non-hydrogen) atoms. The Hall–Kier alpha value is -3.26. The van der Waals surface area contributed by atoms with E-state index in [1.807, 2.05) is 49.1 Å². The van der Waals surface area contributed by atoms with Gasteiger partial charge in [-0.15, -0.1) is 0 Å². The first kappa shape index (κ1) is 24.4. The summed E-state index contributed by atoms with van der Waals surface area (Å²) in [4.78, 5) is 31.1. The van der Waals surface area contributed by atoms with Crippen molar-refractivity contribution in [2.45, 2.75) is 45.6 Å². The van der Waals surface area contributed by atoms with Crippen molar-refractivity contribution in [2.24, 2.45) is 11.8 Å². The first-order chi connectivity index (χ1) is 17.5. The van der Waals surface area contributed by atoms with Gasteiger partial charge in [0.05, 0.1) is 23.9 Å². The molecule has 1 amide bonds. The topological polar surface area (TPSA) is 91.7 Å². The molecule has 2 saturated heterocycles. The van der Waals surface area contributed by atoms with E-state index < -0.39 is 6.10 Å². The normalized spacial score (nSPS) is 18.4. The smallest absolute Gasteiger partial charge is 0.226 e. The minimum absolute atomic E-state index is 0.0383. The van der Waals surface area contributed by atoms with Crippen LogP contribution in [0.5, 0.6) is 5.75 Å². The number of pyridine rings is 1. The summed E-state index contributed by atoms with van der Waals surface area (Å²) >= 11 is 0. The van der Waals surface area contributed by atoms with E-state index >= 15 is 0 Å². The number of aliphatic hydroxyl groups excluding tert-OH is 1. The van der Waals surface area contributed by atoms with Crippen LogP contribution in [0.3, 0.4) is 0 Å². The summed E-state index contributed by atoms with van der Waals surface area (Å²) in [7, 11) is 0. The van der Waals surface area contributed by atoms with Crippen LogP contribution in [0, 0.1) is 18.8 Å². The van der Waals surface area contributed by atoms with Crippen molar-refractivity contribution in [3.8, 4) is 5.75 Å². The number of hydrogen-bond acceptors (Lipinski definition) is 7. The average Bonchev–Trinajstić information content (AvgIpc) is 2.93. The van der Waals surface area contributed by atoms with Crippen molar-refractivity contribution in [1.29, 1.82) is 0 Å². The van der Waals surface area contributed by atoms with Crippen LogP contribution in [-0.2, 0) is 4.79 Å². The predicted octanol–water partition coefficient (Wildman–Crippen LogP) is 3.92. The van der Waals surface area contributed by atoms with Crippen LogP contribution < -0.4 is 9.64 Å². The number of benzene rings is 1. The Morgan fingerprint density at radius 2 is 1.89 bits per heavy atom. The molecule has 0 bridgehead atoms. The Kier molecular flexibility index (Phi) is 7.32. The summed E-state index contributed by atoms with van der Waals surface area (Å²) < 4.78 is 5.62. The second-order valence-electron chi connectivity index (χ2n) is 9.88. The lowest BCUT2D eigenvalue weighted by Crippen LogP contribution is -2.46. The summed E-state index contributed by atoms with van der Waals surface area (Å²) in [6, 6.07) is 9.71. The molecule has 0 saturated carbocycles. The van der Waals surface area contributed by atoms with E-state index in [9.17, 15) is 9.90 Å². The number of likely N-dealkylation sites (tertiary alicyclic amines) is 1. The number of ether oxygens (including phenoxy) is 1. The number of anilines is 1. The van der Waals surface area contributed by atoms with Crippen molar-refractivity contribution in [1.82, 2.24) is 19.9 Å². The molecule has 1 unspecified atom stereocenters. The number of carbonyl (C=O) groups is 1. The molecule has 1 aromatic carbocycles. The molecule has 0 radical (unpaired) electrons. The molecule has 8 heteroatoms. The highest BCUT2D eigenvalue weighted by Gasteiger charge is 2.33. The lowest BCUT2D eigenvalue weighted by molar-refractivity contribution is -0.138. The van der Waals surface area contributed by atoms with Gasteiger partial charge in [0.15, 0.2) is 0 Å². The number of piperidine rings is 2. The number of amides is 1. The van der Waals surface area contributed by atoms with E-state index in [0.717, 1.165) is 72.6 Å². The number of rotatable bonds is 6. The van der Waals surface area contributed by atoms with Gasteiger partial charge in [-0.05, 0) is 75.3 Å². The molecule has 4 heterocycles. The van der Waals surface area contributed by atoms with Crippen molar-refractivity contribution in [3.63, 3.8) is 0 Å². The zero-order chi connectivity index (χ0) is 25.1. The number of aliphatic hydroxyl groups is 1. The molecule has 0 spiro atoms. The molecule has 2 aromatic heterocycles. The zero-order valence-corrected chi connectivity index (χ0v) is 21.1. The number of hydrogen-bond donors (Lipinski definition) is 1. The molecule has 3 aromatic rings. The minimum atomic E-state index is -0.518. The highest BCUT2D eigenvalue weighted by molar-refractivity contribution is 5.83. The van der Waals surface area contributed by atoms with E-state index in [1.165, 1.54) is 0 Å². The Bertz CT molecular complexity index is 1190. The lowest BCUT2D eigenvalue weighted by atomic mass is 9.87. The maximum absolute atomic E-state index is 13.2. The van der Waals surface area contributed by atoms with Crippen LogP contribution in [0.1, 0.15) is 50.0 Å². The maximum Gasteiger partial charge on any atom is 0.226 e. The summed E-state index contributed by atoms with van der Waals surface area (Å²) in [5, 5.41) is 11.7. The predicted molar refractivity (Wildman–Crippen MR) is 139 cm³/mol. The molecule has 0 aliphatic carbocycles. The Balaban J connectivity index is 1.16. The van der Waals surface area contributed by atoms with Gasteiger partial charge in [0.1, 0.15) is 5.75 Å². The molecule has 190 valence electrons. The maximum atomic E-state index is 13.2. The van der Waals surface area contributed by atoms with Gasteiger partial charge >= 0.3 is 0 Å². The van der Waals surface area contributed by atoms with Crippen molar-refractivity contribution in [3.05, 3.63) is 54.0 Å². The fraction of sp³-hybridized carbons (Fsp3) is 0.500. The van der Waals surface area contributed by atoms with Crippen molar-refractivity contribution in [2.75, 3.05) is 37.7 Å². The van der Waals surface area contributed by atoms with Gasteiger partial charge in [-0.25, -0.2) is 9.97 Å². The Morgan fingerprint density at radius 1 is 1.11 bits per heavy atom. The standard InChI is InChI=1S/C28H35N5O3/c1-3-36-23-6-7-25-24(17-23)19(2)30-28(31-25)33-15-10-21(11-16-33)27(35)32-13-8-20(9-14-32)26(34)22-5-4-12-29-18-22/h4-7,12,17-18,20-21,26,34H,3,8-11,13-16H2,1-2H3. The summed E-state index contributed by atoms with van der Waals surface area (Å²) in [6.45, 7) is 7.57. The van der Waals surface area contributed by atoms with Crippen LogP contribution >= 0.6 is 0 Å². The zero-order valence-electron chi connectivity index (χ0n) is 21.1. The van der Waals surface area contributed by atoms with Crippen LogP contribution in [0.15, 0.2) is 42.7 Å². The second kappa shape index (κ2) is 10.8. The average molecular weight is 490 g/mol. The van der Waals surface area contributed by atoms with E-state index in [-0.39, 0.29) is 17.7 Å². The SMILES string of the molecule is CCOc1ccc2nc(N3CCC(C(=O)N4CCC(C(O)c5cccnc5)CC4)CC3)nc(C)c2c1. The third-order valence-electron chi connectivity index (χ3n) is 7.61. The highest BCUT2D eigenvalue weighted by atomic mass is 16.5. The quantitative estimate of drug-likeness (QED) is 0.561. The van der Waals surface area contributed by atoms with Crippen LogP contribution in [0.4, 0.5) is 5.95 Å². The molecule has 8 nitrogen and oxygen atoms in total. The molecule has 2 aliphatic heterocycles. The third kappa shape index (κ3) is 5.14. The van der Waals surface area contributed by atoms with Gasteiger partial charge in [-0.2, -0.15) is 0 Å². The minimum Gasteiger partial charge on any atom is -0.494 e. The Morgan fingerprint density at radius 3 is 2.58 bits per heavy atom. The fourth-order valence-corrected chi connectivity index (χ4v) is 5.49. The van der Waals surface area contributed by atoms with E-state index in [2.05, 4.69) is 9.88 Å². The summed E-state index contributed by atoms with van der Waals surface area (Å²) in [6.07, 6.45) is 6.17. The monoisotopic (exact) mass is 489 g/mol. The molecule has 2 fully saturated rings. The first-order valence-corrected chi connectivity index (χ1v) is 13.1. The van der Waals surface area contributed by atoms with Crippen molar-refractivity contribution >= 4 is 22.8 Å². The van der Waals surface area contributed by atoms with E-state index in [1.54, 1.807) is 12.4 Å². The van der Waals surface area contributed by atoms with Gasteiger partial charge in [0.25, 0.3) is 0 Å². The fourth-order valence-electron chi connectivity index (χ4n) is 5.49. The van der Waals surface area contributed by atoms with E-state index in [4.69, 9.17) is 14.7 Å². The molecular weight excluding hydrogens is 454 g/mol. The number of fused-ring (bicyclic) bond motifs is 1. The largest absolute Gasteiger partial charge is 0.494 e. The van der Waals surface area contributed by atoms with Gasteiger partial charge in [0, 0.05) is 49.9 Å². The molecule has 1 atom stereocenters. The van der Waals surface area contributed by atoms with Crippen LogP contribution in [0.25, 0.3) is 10.9 Å². The van der Waals surface area contributed by atoms with Gasteiger partial charge in [0.2, 0.25) is 11.9 Å². The number of carbonyl (C=O) groups excluding carboxylic acids is 1. The van der Waals surface area contributed by atoms with E-state index in [0.29, 0.717) is 19.7 Å². The summed E-state index contributed by atoms with van der Waals surface area (Å²) in [5.74, 6) is 2.03. The van der Waals surface area contributed by atoms with Crippen LogP contribution in [-0.4, -0.2) is 63.7 Å². The highest BCUT2D eigenvalue weighted by Crippen LogP contribution is 2.32. The van der Waals surface area contributed by atoms with Crippen molar-refractivity contribution < 1.29 is 14.6 Å². The number of nitrogens with zero attached hydrogens (tertiary/aromatic N) is 5. The Labute approximate surface area is 212 Å². The summed E-state index contributed by atoms with van der Waals surface area (Å²) in [5.41, 5.74) is 2.71. The second-order valence-corrected chi connectivity index (χ2v) is 9.88. The molecule has 2 aliphatic rings. The molecule has 5 rings (SSSR count). The third-order valence-corrected chi connectivity index (χ3v) is 7.61. The number of aromatic nitrogens is 3. The molecule has 1 N–H and O–H groups in total. The van der Waals surface area contributed by atoms with Gasteiger partial charge in [-0.3, -0.25) is 9.78 Å². The number of aryl methyl sites for hydroxylation is 1. The van der Waals surface area contributed by atoms with Gasteiger partial charge in [-0.1, -0.05) is 6.07 Å². The lowest BCUT2D eigenvalue weighted by Gasteiger charge is -2.38. The molecular formula is C28H35N5O3. The first-order valence-electron chi connectivity index (χ1n) is 13.1.